The average Bonchev–Trinajstić information content (AvgIpc) is 3.37. The maximum absolute atomic E-state index is 11.9. The standard InChI is InChI=1S/C18H19NO4.C8H10ClN5O3S/c1-13-8-4-7-11-16(13)23-12-14-9-5-6-10-15(14)17(19-22-3)18(20)21-2;1-12-4-17-5-13(8(12)11-14(15)16)3-6-2-10-7(9)18-6/h4-11H,12H2,1-3H3;2H,3-5H2,1H3/b19-17+;11-8+. The molecule has 0 spiro atoms. The van der Waals surface area contributed by atoms with Crippen LogP contribution in [-0.4, -0.2) is 72.2 Å². The number of benzene rings is 2. The number of hydrogen-bond acceptors (Lipinski definition) is 10. The van der Waals surface area contributed by atoms with Gasteiger partial charge in [0.25, 0.3) is 5.96 Å². The number of carbonyl (C=O) groups is 1. The van der Waals surface area contributed by atoms with E-state index in [1.165, 1.54) is 25.6 Å². The molecule has 4 rings (SSSR count). The smallest absolute Gasteiger partial charge is 0.360 e. The van der Waals surface area contributed by atoms with Gasteiger partial charge in [0.15, 0.2) is 15.2 Å². The van der Waals surface area contributed by atoms with Gasteiger partial charge in [-0.3, -0.25) is 0 Å². The lowest BCUT2D eigenvalue weighted by molar-refractivity contribution is -0.486. The summed E-state index contributed by atoms with van der Waals surface area (Å²) in [6.45, 7) is 3.22. The van der Waals surface area contributed by atoms with Gasteiger partial charge >= 0.3 is 5.97 Å². The number of rotatable bonds is 9. The van der Waals surface area contributed by atoms with E-state index in [0.717, 1.165) is 21.8 Å². The van der Waals surface area contributed by atoms with Crippen molar-refractivity contribution in [3.63, 3.8) is 0 Å². The van der Waals surface area contributed by atoms with E-state index in [4.69, 9.17) is 30.6 Å². The summed E-state index contributed by atoms with van der Waals surface area (Å²) < 4.78 is 16.3. The van der Waals surface area contributed by atoms with E-state index in [1.807, 2.05) is 49.4 Å². The molecule has 0 saturated carbocycles. The zero-order chi connectivity index (χ0) is 29.8. The van der Waals surface area contributed by atoms with Crippen molar-refractivity contribution in [3.8, 4) is 5.75 Å². The highest BCUT2D eigenvalue weighted by molar-refractivity contribution is 7.15. The molecule has 1 aliphatic heterocycles. The van der Waals surface area contributed by atoms with Gasteiger partial charge in [-0.1, -0.05) is 59.2 Å². The molecular formula is C26H29ClN6O7S. The molecule has 2 heterocycles. The Balaban J connectivity index is 0.000000232. The van der Waals surface area contributed by atoms with E-state index in [0.29, 0.717) is 23.2 Å². The van der Waals surface area contributed by atoms with Gasteiger partial charge < -0.3 is 28.8 Å². The number of oxime groups is 1. The van der Waals surface area contributed by atoms with Gasteiger partial charge in [0, 0.05) is 23.7 Å². The Kier molecular flexibility index (Phi) is 11.8. The predicted octanol–water partition coefficient (Wildman–Crippen LogP) is 4.12. The molecule has 2 aromatic carbocycles. The van der Waals surface area contributed by atoms with Crippen LogP contribution >= 0.6 is 22.9 Å². The van der Waals surface area contributed by atoms with Crippen LogP contribution in [0.15, 0.2) is 65.0 Å². The van der Waals surface area contributed by atoms with Gasteiger partial charge in [-0.15, -0.1) is 11.3 Å². The Morgan fingerprint density at radius 3 is 2.59 bits per heavy atom. The molecule has 1 fully saturated rings. The first-order valence-electron chi connectivity index (χ1n) is 12.1. The van der Waals surface area contributed by atoms with Crippen molar-refractivity contribution in [3.05, 3.63) is 90.9 Å². The molecule has 1 saturated heterocycles. The number of carbonyl (C=O) groups excluding carboxylic acids is 1. The number of nitrogens with zero attached hydrogens (tertiary/aromatic N) is 6. The molecule has 1 aromatic heterocycles. The van der Waals surface area contributed by atoms with Gasteiger partial charge in [-0.25, -0.2) is 19.9 Å². The maximum atomic E-state index is 11.9. The number of aryl methyl sites for hydroxylation is 1. The molecule has 0 aliphatic carbocycles. The van der Waals surface area contributed by atoms with Crippen LogP contribution in [0.25, 0.3) is 0 Å². The molecule has 15 heteroatoms. The molecular weight excluding hydrogens is 576 g/mol. The second kappa shape index (κ2) is 15.5. The largest absolute Gasteiger partial charge is 0.489 e. The van der Waals surface area contributed by atoms with Crippen molar-refractivity contribution >= 4 is 40.6 Å². The Hall–Kier alpha value is -4.27. The number of hydrogen-bond donors (Lipinski definition) is 0. The monoisotopic (exact) mass is 604 g/mol. The molecule has 218 valence electrons. The molecule has 3 aromatic rings. The second-order valence-corrected chi connectivity index (χ2v) is 10.1. The topological polar surface area (TPSA) is 141 Å². The van der Waals surface area contributed by atoms with Crippen LogP contribution in [0.5, 0.6) is 5.75 Å². The van der Waals surface area contributed by atoms with E-state index in [9.17, 15) is 14.9 Å². The number of halogens is 1. The third kappa shape index (κ3) is 9.13. The number of methoxy groups -OCH3 is 1. The fraction of sp³-hybridized carbons (Fsp3) is 0.308. The van der Waals surface area contributed by atoms with E-state index >= 15 is 0 Å². The minimum atomic E-state index is -0.718. The number of ether oxygens (including phenoxy) is 3. The molecule has 0 unspecified atom stereocenters. The molecule has 13 nitrogen and oxygen atoms in total. The first-order valence-corrected chi connectivity index (χ1v) is 13.3. The van der Waals surface area contributed by atoms with E-state index < -0.39 is 11.0 Å². The van der Waals surface area contributed by atoms with Crippen molar-refractivity contribution in [2.24, 2.45) is 10.3 Å². The van der Waals surface area contributed by atoms with E-state index in [2.05, 4.69) is 15.2 Å². The highest BCUT2D eigenvalue weighted by Gasteiger charge is 2.25. The summed E-state index contributed by atoms with van der Waals surface area (Å²) in [6, 6.07) is 15.1. The normalized spacial score (nSPS) is 14.3. The number of para-hydroxylation sites is 1. The van der Waals surface area contributed by atoms with Crippen LogP contribution < -0.4 is 4.74 Å². The summed E-state index contributed by atoms with van der Waals surface area (Å²) >= 11 is 7.05. The van der Waals surface area contributed by atoms with Crippen molar-refractivity contribution in [2.45, 2.75) is 20.1 Å². The first kappa shape index (κ1) is 31.3. The summed E-state index contributed by atoms with van der Waals surface area (Å²) in [5.41, 5.74) is 2.59. The number of aromatic nitrogens is 1. The Morgan fingerprint density at radius 1 is 1.20 bits per heavy atom. The highest BCUT2D eigenvalue weighted by Crippen LogP contribution is 2.21. The zero-order valence-electron chi connectivity index (χ0n) is 22.9. The molecule has 0 radical (unpaired) electrons. The Labute approximate surface area is 245 Å². The van der Waals surface area contributed by atoms with Crippen LogP contribution in [-0.2, 0) is 32.3 Å². The van der Waals surface area contributed by atoms with Crippen molar-refractivity contribution in [1.82, 2.24) is 14.8 Å². The molecule has 0 N–H and O–H groups in total. The minimum absolute atomic E-state index is 0.110. The number of esters is 1. The van der Waals surface area contributed by atoms with Gasteiger partial charge in [-0.2, -0.15) is 0 Å². The number of guanidine groups is 1. The third-order valence-electron chi connectivity index (χ3n) is 5.51. The van der Waals surface area contributed by atoms with E-state index in [1.54, 1.807) is 29.1 Å². The fourth-order valence-corrected chi connectivity index (χ4v) is 4.65. The van der Waals surface area contributed by atoms with Crippen molar-refractivity contribution in [1.29, 1.82) is 0 Å². The Morgan fingerprint density at radius 2 is 1.93 bits per heavy atom. The quantitative estimate of drug-likeness (QED) is 0.151. The summed E-state index contributed by atoms with van der Waals surface area (Å²) in [5, 5.41) is 16.9. The van der Waals surface area contributed by atoms with Gasteiger partial charge in [-0.05, 0) is 24.1 Å². The Bertz CT molecular complexity index is 1400. The summed E-state index contributed by atoms with van der Waals surface area (Å²) in [7, 11) is 4.36. The SMILES string of the molecule is CN1COCN(Cc2cnc(Cl)s2)/C1=N/[N+](=O)[O-].CO/N=C(/C(=O)OC)c1ccccc1COc1ccccc1C. The lowest BCUT2D eigenvalue weighted by Gasteiger charge is -2.34. The maximum Gasteiger partial charge on any atom is 0.360 e. The lowest BCUT2D eigenvalue weighted by atomic mass is 10.0. The van der Waals surface area contributed by atoms with Crippen LogP contribution in [0, 0.1) is 17.0 Å². The third-order valence-corrected chi connectivity index (χ3v) is 6.61. The minimum Gasteiger partial charge on any atom is -0.489 e. The summed E-state index contributed by atoms with van der Waals surface area (Å²) in [5.74, 6) is 0.497. The molecule has 0 amide bonds. The fourth-order valence-electron chi connectivity index (χ4n) is 3.65. The van der Waals surface area contributed by atoms with Crippen LogP contribution in [0.3, 0.4) is 0 Å². The second-order valence-electron chi connectivity index (χ2n) is 8.40. The van der Waals surface area contributed by atoms with Crippen LogP contribution in [0.1, 0.15) is 21.6 Å². The first-order chi connectivity index (χ1) is 19.7. The highest BCUT2D eigenvalue weighted by atomic mass is 35.5. The van der Waals surface area contributed by atoms with E-state index in [-0.39, 0.29) is 25.1 Å². The van der Waals surface area contributed by atoms with Crippen molar-refractivity contribution in [2.75, 3.05) is 34.7 Å². The number of thiazole rings is 1. The van der Waals surface area contributed by atoms with Crippen LogP contribution in [0.4, 0.5) is 0 Å². The number of hydrazone groups is 1. The lowest BCUT2D eigenvalue weighted by Crippen LogP contribution is -2.49. The van der Waals surface area contributed by atoms with Gasteiger partial charge in [0.05, 0.1) is 13.7 Å². The molecule has 41 heavy (non-hydrogen) atoms. The predicted molar refractivity (Wildman–Crippen MR) is 153 cm³/mol. The number of nitro groups is 1. The molecule has 0 bridgehead atoms. The van der Waals surface area contributed by atoms with Gasteiger partial charge in [0.2, 0.25) is 0 Å². The van der Waals surface area contributed by atoms with Gasteiger partial charge in [0.1, 0.15) is 38.0 Å². The molecule has 0 atom stereocenters. The zero-order valence-corrected chi connectivity index (χ0v) is 24.4. The molecule has 1 aliphatic rings. The summed E-state index contributed by atoms with van der Waals surface area (Å²) in [6.07, 6.45) is 1.63. The van der Waals surface area contributed by atoms with Crippen LogP contribution in [0.2, 0.25) is 4.47 Å². The van der Waals surface area contributed by atoms with Crippen molar-refractivity contribution < 1.29 is 28.9 Å². The summed E-state index contributed by atoms with van der Waals surface area (Å²) in [4.78, 5) is 35.2. The average molecular weight is 605 g/mol.